The van der Waals surface area contributed by atoms with Gasteiger partial charge in [-0.2, -0.15) is 0 Å². The normalized spacial score (nSPS) is 14.9. The fourth-order valence-electron chi connectivity index (χ4n) is 1.66. The zero-order valence-electron chi connectivity index (χ0n) is 10.3. The Morgan fingerprint density at radius 1 is 1.56 bits per heavy atom. The molecule has 1 N–H and O–H groups in total. The summed E-state index contributed by atoms with van der Waals surface area (Å²) in [6.45, 7) is 6.25. The highest BCUT2D eigenvalue weighted by atomic mass is 32.1. The fourth-order valence-corrected chi connectivity index (χ4v) is 2.38. The van der Waals surface area contributed by atoms with Crippen LogP contribution in [0, 0.1) is 5.92 Å². The van der Waals surface area contributed by atoms with Gasteiger partial charge in [-0.15, -0.1) is 5.10 Å². The number of rotatable bonds is 8. The highest BCUT2D eigenvalue weighted by molar-refractivity contribution is 7.05. The predicted molar refractivity (Wildman–Crippen MR) is 66.6 cm³/mol. The van der Waals surface area contributed by atoms with Crippen LogP contribution in [0.4, 0.5) is 0 Å². The van der Waals surface area contributed by atoms with Crippen LogP contribution in [0.15, 0.2) is 6.20 Å². The Morgan fingerprint density at radius 3 is 2.94 bits per heavy atom. The third kappa shape index (κ3) is 4.15. The van der Waals surface area contributed by atoms with Crippen LogP contribution >= 0.6 is 11.5 Å². The van der Waals surface area contributed by atoms with Gasteiger partial charge in [0.15, 0.2) is 0 Å². The van der Waals surface area contributed by atoms with Gasteiger partial charge >= 0.3 is 0 Å². The van der Waals surface area contributed by atoms with E-state index in [1.165, 1.54) is 16.4 Å². The molecule has 0 amide bonds. The zero-order valence-corrected chi connectivity index (χ0v) is 11.1. The predicted octanol–water partition coefficient (Wildman–Crippen LogP) is 2.25. The van der Waals surface area contributed by atoms with Crippen molar-refractivity contribution < 1.29 is 4.74 Å². The second-order valence-corrected chi connectivity index (χ2v) is 4.83. The smallest absolute Gasteiger partial charge is 0.0669 e. The van der Waals surface area contributed by atoms with Crippen molar-refractivity contribution in [2.24, 2.45) is 5.92 Å². The van der Waals surface area contributed by atoms with Gasteiger partial charge in [0.1, 0.15) is 0 Å². The lowest BCUT2D eigenvalue weighted by Crippen LogP contribution is -2.27. The third-order valence-corrected chi connectivity index (χ3v) is 3.39. The summed E-state index contributed by atoms with van der Waals surface area (Å²) >= 11 is 1.48. The van der Waals surface area contributed by atoms with Gasteiger partial charge in [-0.05, 0) is 36.8 Å². The SMILES string of the molecule is CCCNC(c1cnns1)C(C)CCOC. The lowest BCUT2D eigenvalue weighted by Gasteiger charge is -2.23. The molecule has 0 aliphatic rings. The monoisotopic (exact) mass is 243 g/mol. The van der Waals surface area contributed by atoms with Crippen LogP contribution in [0.3, 0.4) is 0 Å². The minimum absolute atomic E-state index is 0.357. The maximum absolute atomic E-state index is 5.13. The van der Waals surface area contributed by atoms with E-state index in [4.69, 9.17) is 4.74 Å². The quantitative estimate of drug-likeness (QED) is 0.760. The number of hydrogen-bond acceptors (Lipinski definition) is 5. The molecular weight excluding hydrogens is 222 g/mol. The van der Waals surface area contributed by atoms with E-state index in [9.17, 15) is 0 Å². The molecule has 0 spiro atoms. The van der Waals surface area contributed by atoms with E-state index in [2.05, 4.69) is 28.8 Å². The second-order valence-electron chi connectivity index (χ2n) is 4.01. The topological polar surface area (TPSA) is 47.0 Å². The maximum atomic E-state index is 5.13. The molecule has 1 aromatic heterocycles. The molecule has 16 heavy (non-hydrogen) atoms. The van der Waals surface area contributed by atoms with Crippen LogP contribution in [-0.4, -0.2) is 29.8 Å². The minimum atomic E-state index is 0.357. The molecule has 0 saturated carbocycles. The van der Waals surface area contributed by atoms with Gasteiger partial charge in [0.25, 0.3) is 0 Å². The Kier molecular flexibility index (Phi) is 6.52. The van der Waals surface area contributed by atoms with Gasteiger partial charge in [-0.1, -0.05) is 18.3 Å². The lowest BCUT2D eigenvalue weighted by atomic mass is 9.97. The molecule has 92 valence electrons. The second kappa shape index (κ2) is 7.70. The molecule has 0 bridgehead atoms. The van der Waals surface area contributed by atoms with Crippen molar-refractivity contribution >= 4 is 11.5 Å². The number of aromatic nitrogens is 2. The van der Waals surface area contributed by atoms with E-state index in [0.29, 0.717) is 12.0 Å². The number of methoxy groups -OCH3 is 1. The number of nitrogens with zero attached hydrogens (tertiary/aromatic N) is 2. The summed E-state index contributed by atoms with van der Waals surface area (Å²) in [4.78, 5) is 1.22. The van der Waals surface area contributed by atoms with E-state index < -0.39 is 0 Å². The Labute approximate surface area is 102 Å². The number of nitrogens with one attached hydrogen (secondary N) is 1. The van der Waals surface area contributed by atoms with Crippen molar-refractivity contribution in [2.75, 3.05) is 20.3 Å². The molecule has 5 heteroatoms. The third-order valence-electron chi connectivity index (χ3n) is 2.65. The van der Waals surface area contributed by atoms with E-state index >= 15 is 0 Å². The highest BCUT2D eigenvalue weighted by Crippen LogP contribution is 2.26. The Morgan fingerprint density at radius 2 is 2.38 bits per heavy atom. The maximum Gasteiger partial charge on any atom is 0.0669 e. The molecule has 2 atom stereocenters. The van der Waals surface area contributed by atoms with Crippen molar-refractivity contribution in [1.82, 2.24) is 14.9 Å². The average Bonchev–Trinajstić information content (AvgIpc) is 2.80. The largest absolute Gasteiger partial charge is 0.385 e. The first-order valence-electron chi connectivity index (χ1n) is 5.79. The van der Waals surface area contributed by atoms with Crippen molar-refractivity contribution in [3.63, 3.8) is 0 Å². The molecule has 1 aromatic rings. The molecule has 1 heterocycles. The molecular formula is C11H21N3OS. The van der Waals surface area contributed by atoms with E-state index in [1.54, 1.807) is 7.11 Å². The first-order valence-corrected chi connectivity index (χ1v) is 6.56. The van der Waals surface area contributed by atoms with E-state index in [0.717, 1.165) is 26.0 Å². The highest BCUT2D eigenvalue weighted by Gasteiger charge is 2.20. The summed E-state index contributed by atoms with van der Waals surface area (Å²) < 4.78 is 9.06. The minimum Gasteiger partial charge on any atom is -0.385 e. The summed E-state index contributed by atoms with van der Waals surface area (Å²) in [6.07, 6.45) is 4.05. The molecule has 0 radical (unpaired) electrons. The van der Waals surface area contributed by atoms with Crippen LogP contribution in [-0.2, 0) is 4.74 Å². The summed E-state index contributed by atoms with van der Waals surface area (Å²) in [5, 5.41) is 7.47. The molecule has 0 fully saturated rings. The molecule has 0 saturated heterocycles. The van der Waals surface area contributed by atoms with Crippen LogP contribution in [0.2, 0.25) is 0 Å². The lowest BCUT2D eigenvalue weighted by molar-refractivity contribution is 0.170. The summed E-state index contributed by atoms with van der Waals surface area (Å²) in [7, 11) is 1.75. The molecule has 1 rings (SSSR count). The first kappa shape index (κ1) is 13.5. The summed E-state index contributed by atoms with van der Waals surface area (Å²) in [6, 6.07) is 0.357. The molecule has 2 unspecified atom stereocenters. The van der Waals surface area contributed by atoms with Gasteiger partial charge in [0.05, 0.1) is 11.1 Å². The summed E-state index contributed by atoms with van der Waals surface area (Å²) in [5.41, 5.74) is 0. The zero-order chi connectivity index (χ0) is 11.8. The van der Waals surface area contributed by atoms with E-state index in [1.807, 2.05) is 6.20 Å². The fraction of sp³-hybridized carbons (Fsp3) is 0.818. The van der Waals surface area contributed by atoms with Crippen LogP contribution in [0.1, 0.15) is 37.6 Å². The van der Waals surface area contributed by atoms with Crippen molar-refractivity contribution in [3.05, 3.63) is 11.1 Å². The van der Waals surface area contributed by atoms with Crippen LogP contribution in [0.5, 0.6) is 0 Å². The molecule has 0 aliphatic carbocycles. The Bertz CT molecular complexity index is 266. The van der Waals surface area contributed by atoms with Gasteiger partial charge in [-0.3, -0.25) is 0 Å². The van der Waals surface area contributed by atoms with Crippen LogP contribution < -0.4 is 5.32 Å². The van der Waals surface area contributed by atoms with Gasteiger partial charge < -0.3 is 10.1 Å². The Hall–Kier alpha value is -0.520. The molecule has 0 aliphatic heterocycles. The Balaban J connectivity index is 2.56. The average molecular weight is 243 g/mol. The van der Waals surface area contributed by atoms with Gasteiger partial charge in [0, 0.05) is 19.8 Å². The first-order chi connectivity index (χ1) is 7.79. The van der Waals surface area contributed by atoms with Gasteiger partial charge in [-0.25, -0.2) is 0 Å². The molecule has 4 nitrogen and oxygen atoms in total. The van der Waals surface area contributed by atoms with Gasteiger partial charge in [0.2, 0.25) is 0 Å². The van der Waals surface area contributed by atoms with Crippen LogP contribution in [0.25, 0.3) is 0 Å². The van der Waals surface area contributed by atoms with Crippen molar-refractivity contribution in [1.29, 1.82) is 0 Å². The number of hydrogen-bond donors (Lipinski definition) is 1. The standard InChI is InChI=1S/C11H21N3OS/c1-4-6-12-11(9(2)5-7-15-3)10-8-13-14-16-10/h8-9,11-12H,4-7H2,1-3H3. The summed E-state index contributed by atoms with van der Waals surface area (Å²) in [5.74, 6) is 0.536. The number of ether oxygens (including phenoxy) is 1. The van der Waals surface area contributed by atoms with Crippen molar-refractivity contribution in [2.45, 2.75) is 32.7 Å². The molecule has 0 aromatic carbocycles. The van der Waals surface area contributed by atoms with Crippen molar-refractivity contribution in [3.8, 4) is 0 Å². The van der Waals surface area contributed by atoms with E-state index in [-0.39, 0.29) is 0 Å².